The third-order valence-electron chi connectivity index (χ3n) is 1.17. The summed E-state index contributed by atoms with van der Waals surface area (Å²) in [6, 6.07) is 0. The summed E-state index contributed by atoms with van der Waals surface area (Å²) in [4.78, 5) is 11.4. The Labute approximate surface area is 102 Å². The zero-order valence-corrected chi connectivity index (χ0v) is 12.4. The number of rotatable bonds is 0. The lowest BCUT2D eigenvalue weighted by Crippen LogP contribution is -2.34. The maximum Gasteiger partial charge on any atom is 0.263 e. The Kier molecular flexibility index (Phi) is 3.10. The SMILES string of the molecule is CN1SC(Br)(Br)C(Br)(Br)C1=O. The topological polar surface area (TPSA) is 20.3 Å². The zero-order valence-electron chi connectivity index (χ0n) is 5.28. The Hall–Kier alpha value is 1.74. The fraction of sp³-hybridized carbons (Fsp3) is 0.750. The molecule has 0 aromatic heterocycles. The quantitative estimate of drug-likeness (QED) is 0.433. The number of carbonyl (C=O) groups is 1. The van der Waals surface area contributed by atoms with E-state index in [-0.39, 0.29) is 5.91 Å². The van der Waals surface area contributed by atoms with Gasteiger partial charge in [-0.25, -0.2) is 0 Å². The molecule has 64 valence electrons. The molecular weight excluding hydrogens is 430 g/mol. The van der Waals surface area contributed by atoms with Gasteiger partial charge in [-0.15, -0.1) is 0 Å². The molecule has 1 heterocycles. The van der Waals surface area contributed by atoms with Crippen LogP contribution in [0.4, 0.5) is 0 Å². The van der Waals surface area contributed by atoms with E-state index in [0.717, 1.165) is 0 Å². The summed E-state index contributed by atoms with van der Waals surface area (Å²) < 4.78 is 0.262. The summed E-state index contributed by atoms with van der Waals surface area (Å²) in [5.41, 5.74) is 0. The third kappa shape index (κ3) is 1.68. The monoisotopic (exact) mass is 429 g/mol. The highest BCUT2D eigenvalue weighted by Gasteiger charge is 2.59. The van der Waals surface area contributed by atoms with Gasteiger partial charge in [0, 0.05) is 7.05 Å². The molecule has 1 aliphatic heterocycles. The maximum atomic E-state index is 11.4. The van der Waals surface area contributed by atoms with Crippen LogP contribution in [-0.2, 0) is 4.79 Å². The zero-order chi connectivity index (χ0) is 8.86. The molecule has 0 saturated carbocycles. The van der Waals surface area contributed by atoms with Crippen LogP contribution in [0.2, 0.25) is 0 Å². The summed E-state index contributed by atoms with van der Waals surface area (Å²) in [6.07, 6.45) is 0. The number of hydrogen-bond donors (Lipinski definition) is 0. The van der Waals surface area contributed by atoms with Gasteiger partial charge >= 0.3 is 0 Å². The fourth-order valence-electron chi connectivity index (χ4n) is 0.593. The Balaban J connectivity index is 3.02. The molecule has 7 heteroatoms. The van der Waals surface area contributed by atoms with E-state index in [9.17, 15) is 4.79 Å². The normalized spacial score (nSPS) is 27.7. The number of halogens is 4. The highest BCUT2D eigenvalue weighted by atomic mass is 79.9. The highest BCUT2D eigenvalue weighted by molar-refractivity contribution is 9.32. The molecule has 0 N–H and O–H groups in total. The molecular formula is C4H3Br4NOS. The van der Waals surface area contributed by atoms with Crippen LogP contribution in [0.25, 0.3) is 0 Å². The van der Waals surface area contributed by atoms with E-state index in [1.54, 1.807) is 11.4 Å². The Bertz CT molecular complexity index is 206. The summed E-state index contributed by atoms with van der Waals surface area (Å²) in [6.45, 7) is 0. The van der Waals surface area contributed by atoms with Crippen LogP contribution in [0.1, 0.15) is 0 Å². The van der Waals surface area contributed by atoms with Gasteiger partial charge in [0.15, 0.2) is 5.80 Å². The predicted octanol–water partition coefficient (Wildman–Crippen LogP) is 3.04. The van der Waals surface area contributed by atoms with E-state index in [2.05, 4.69) is 63.7 Å². The average Bonchev–Trinajstić information content (AvgIpc) is 1.93. The standard InChI is InChI=1S/C4H3Br4NOS/c1-9-2(10)3(5,6)4(7,8)11-9/h1H3. The minimum absolute atomic E-state index is 0.0312. The van der Waals surface area contributed by atoms with Crippen molar-refractivity contribution in [1.82, 2.24) is 4.31 Å². The van der Waals surface area contributed by atoms with Crippen LogP contribution in [0, 0.1) is 0 Å². The van der Waals surface area contributed by atoms with Crippen molar-refractivity contribution in [1.29, 1.82) is 0 Å². The molecule has 0 aliphatic carbocycles. The Morgan fingerprint density at radius 2 is 1.82 bits per heavy atom. The molecule has 1 fully saturated rings. The molecule has 0 bridgehead atoms. The number of carbonyl (C=O) groups excluding carboxylic acids is 1. The molecule has 1 amide bonds. The molecule has 0 aromatic rings. The van der Waals surface area contributed by atoms with Crippen LogP contribution in [0.15, 0.2) is 0 Å². The van der Waals surface area contributed by atoms with Crippen molar-refractivity contribution >= 4 is 81.6 Å². The van der Waals surface area contributed by atoms with Gasteiger partial charge in [0.25, 0.3) is 5.91 Å². The first-order valence-corrected chi connectivity index (χ1v) is 6.46. The first-order valence-electron chi connectivity index (χ1n) is 2.52. The van der Waals surface area contributed by atoms with Gasteiger partial charge in [-0.05, 0) is 11.9 Å². The lowest BCUT2D eigenvalue weighted by atomic mass is 10.4. The predicted molar refractivity (Wildman–Crippen MR) is 61.5 cm³/mol. The van der Waals surface area contributed by atoms with E-state index in [1.165, 1.54) is 11.9 Å². The van der Waals surface area contributed by atoms with Crippen molar-refractivity contribution < 1.29 is 4.79 Å². The summed E-state index contributed by atoms with van der Waals surface area (Å²) in [5.74, 6) is -0.0312. The van der Waals surface area contributed by atoms with Crippen molar-refractivity contribution in [3.05, 3.63) is 0 Å². The van der Waals surface area contributed by atoms with Gasteiger partial charge in [0.05, 0.1) is 0 Å². The minimum atomic E-state index is -0.771. The molecule has 11 heavy (non-hydrogen) atoms. The van der Waals surface area contributed by atoms with E-state index < -0.39 is 5.80 Å². The lowest BCUT2D eigenvalue weighted by molar-refractivity contribution is -0.124. The number of alkyl halides is 4. The number of amides is 1. The molecule has 0 aromatic carbocycles. The van der Waals surface area contributed by atoms with E-state index >= 15 is 0 Å². The maximum absolute atomic E-state index is 11.4. The molecule has 1 aliphatic rings. The second-order valence-electron chi connectivity index (χ2n) is 1.99. The first kappa shape index (κ1) is 10.8. The van der Waals surface area contributed by atoms with E-state index in [0.29, 0.717) is 0 Å². The van der Waals surface area contributed by atoms with Crippen molar-refractivity contribution in [3.8, 4) is 0 Å². The second-order valence-corrected chi connectivity index (χ2v) is 11.3. The van der Waals surface area contributed by atoms with Gasteiger partial charge in [0.2, 0.25) is 0 Å². The fourth-order valence-corrected chi connectivity index (χ4v) is 4.20. The largest absolute Gasteiger partial charge is 0.285 e. The molecule has 0 unspecified atom stereocenters. The third-order valence-corrected chi connectivity index (χ3v) is 8.73. The van der Waals surface area contributed by atoms with Crippen LogP contribution >= 0.6 is 75.7 Å². The van der Waals surface area contributed by atoms with Gasteiger partial charge in [0.1, 0.15) is 0 Å². The molecule has 1 rings (SSSR count). The van der Waals surface area contributed by atoms with Gasteiger partial charge in [-0.2, -0.15) is 0 Å². The van der Waals surface area contributed by atoms with Gasteiger partial charge in [-0.3, -0.25) is 9.10 Å². The number of nitrogens with zero attached hydrogens (tertiary/aromatic N) is 1. The molecule has 2 nitrogen and oxygen atoms in total. The van der Waals surface area contributed by atoms with Crippen LogP contribution < -0.4 is 0 Å². The van der Waals surface area contributed by atoms with Gasteiger partial charge < -0.3 is 0 Å². The second kappa shape index (κ2) is 3.15. The van der Waals surface area contributed by atoms with Crippen molar-refractivity contribution in [2.45, 2.75) is 5.80 Å². The highest BCUT2D eigenvalue weighted by Crippen LogP contribution is 2.61. The van der Waals surface area contributed by atoms with Crippen molar-refractivity contribution in [3.63, 3.8) is 0 Å². The number of hydrogen-bond acceptors (Lipinski definition) is 2. The molecule has 0 atom stereocenters. The Morgan fingerprint density at radius 1 is 1.36 bits per heavy atom. The van der Waals surface area contributed by atoms with Crippen LogP contribution in [-0.4, -0.2) is 23.1 Å². The summed E-state index contributed by atoms with van der Waals surface area (Å²) in [5, 5.41) is 0. The lowest BCUT2D eigenvalue weighted by Gasteiger charge is -2.20. The summed E-state index contributed by atoms with van der Waals surface area (Å²) >= 11 is 14.7. The average molecular weight is 433 g/mol. The minimum Gasteiger partial charge on any atom is -0.285 e. The van der Waals surface area contributed by atoms with Crippen molar-refractivity contribution in [2.24, 2.45) is 0 Å². The van der Waals surface area contributed by atoms with E-state index in [1.807, 2.05) is 0 Å². The summed E-state index contributed by atoms with van der Waals surface area (Å²) in [7, 11) is 1.72. The van der Waals surface area contributed by atoms with Crippen molar-refractivity contribution in [2.75, 3.05) is 7.05 Å². The molecule has 0 spiro atoms. The van der Waals surface area contributed by atoms with Crippen LogP contribution in [0.3, 0.4) is 0 Å². The smallest absolute Gasteiger partial charge is 0.263 e. The molecule has 0 radical (unpaired) electrons. The first-order chi connectivity index (χ1) is 4.79. The Morgan fingerprint density at radius 3 is 1.91 bits per heavy atom. The van der Waals surface area contributed by atoms with E-state index in [4.69, 9.17) is 0 Å². The van der Waals surface area contributed by atoms with Crippen LogP contribution in [0.5, 0.6) is 0 Å². The van der Waals surface area contributed by atoms with Gasteiger partial charge in [-0.1, -0.05) is 63.7 Å². The molecule has 1 saturated heterocycles.